The molecule has 28 heavy (non-hydrogen) atoms. The zero-order chi connectivity index (χ0) is 20.1. The van der Waals surface area contributed by atoms with Crippen LogP contribution in [0.4, 0.5) is 0 Å². The number of rotatable bonds is 7. The Bertz CT molecular complexity index is 800. The van der Waals surface area contributed by atoms with Gasteiger partial charge in [0.05, 0.1) is 26.3 Å². The predicted molar refractivity (Wildman–Crippen MR) is 108 cm³/mol. The molecule has 1 aliphatic rings. The maximum absolute atomic E-state index is 13.2. The Hall–Kier alpha value is -2.73. The second-order valence-corrected chi connectivity index (χ2v) is 7.23. The molecule has 1 heterocycles. The van der Waals surface area contributed by atoms with Crippen LogP contribution in [-0.4, -0.2) is 63.2 Å². The van der Waals surface area contributed by atoms with Gasteiger partial charge in [-0.05, 0) is 50.3 Å². The fraction of sp³-hybridized carbons (Fsp3) is 0.409. The fourth-order valence-corrected chi connectivity index (χ4v) is 3.33. The molecule has 0 N–H and O–H groups in total. The van der Waals surface area contributed by atoms with Crippen molar-refractivity contribution in [1.82, 2.24) is 9.80 Å². The maximum Gasteiger partial charge on any atom is 0.258 e. The van der Waals surface area contributed by atoms with Crippen molar-refractivity contribution in [3.63, 3.8) is 0 Å². The average Bonchev–Trinajstić information content (AvgIpc) is 2.83. The van der Waals surface area contributed by atoms with Crippen LogP contribution in [0.1, 0.15) is 22.3 Å². The van der Waals surface area contributed by atoms with Crippen LogP contribution in [0, 0.1) is 0 Å². The zero-order valence-corrected chi connectivity index (χ0v) is 17.0. The average molecular weight is 384 g/mol. The minimum Gasteiger partial charge on any atom is -0.497 e. The first kappa shape index (κ1) is 20.0. The van der Waals surface area contributed by atoms with Crippen LogP contribution in [0.5, 0.6) is 17.2 Å². The Morgan fingerprint density at radius 3 is 2.43 bits per heavy atom. The summed E-state index contributed by atoms with van der Waals surface area (Å²) < 4.78 is 16.9. The number of benzene rings is 2. The van der Waals surface area contributed by atoms with Crippen molar-refractivity contribution in [1.29, 1.82) is 0 Å². The van der Waals surface area contributed by atoms with Gasteiger partial charge in [0.1, 0.15) is 23.4 Å². The summed E-state index contributed by atoms with van der Waals surface area (Å²) in [5.41, 5.74) is 1.56. The standard InChI is InChI=1S/C22H28N2O4/c1-23(2)10-9-17-15-24(22(25)20-7-5-6-8-21(20)28-17)14-16-11-18(26-3)13-19(12-16)27-4/h5-8,11-13,17H,9-10,14-15H2,1-4H3. The van der Waals surface area contributed by atoms with E-state index in [0.29, 0.717) is 35.9 Å². The Kier molecular flexibility index (Phi) is 6.41. The van der Waals surface area contributed by atoms with Crippen LogP contribution in [0.15, 0.2) is 42.5 Å². The molecule has 2 aromatic rings. The van der Waals surface area contributed by atoms with E-state index in [9.17, 15) is 4.79 Å². The lowest BCUT2D eigenvalue weighted by Crippen LogP contribution is -2.37. The Balaban J connectivity index is 1.89. The van der Waals surface area contributed by atoms with E-state index < -0.39 is 0 Å². The second-order valence-electron chi connectivity index (χ2n) is 7.23. The van der Waals surface area contributed by atoms with Gasteiger partial charge >= 0.3 is 0 Å². The topological polar surface area (TPSA) is 51.2 Å². The van der Waals surface area contributed by atoms with Crippen LogP contribution >= 0.6 is 0 Å². The molecule has 0 spiro atoms. The minimum absolute atomic E-state index is 0.0234. The first-order valence-electron chi connectivity index (χ1n) is 9.41. The van der Waals surface area contributed by atoms with Crippen LogP contribution in [0.25, 0.3) is 0 Å². The normalized spacial score (nSPS) is 16.4. The smallest absolute Gasteiger partial charge is 0.258 e. The summed E-state index contributed by atoms with van der Waals surface area (Å²) in [5, 5.41) is 0. The van der Waals surface area contributed by atoms with Crippen molar-refractivity contribution >= 4 is 5.91 Å². The number of hydrogen-bond donors (Lipinski definition) is 0. The van der Waals surface area contributed by atoms with Crippen LogP contribution in [-0.2, 0) is 6.54 Å². The summed E-state index contributed by atoms with van der Waals surface area (Å²) in [6, 6.07) is 13.2. The quantitative estimate of drug-likeness (QED) is 0.734. The summed E-state index contributed by atoms with van der Waals surface area (Å²) in [7, 11) is 7.32. The van der Waals surface area contributed by atoms with E-state index in [1.807, 2.05) is 61.5 Å². The molecule has 6 nitrogen and oxygen atoms in total. The van der Waals surface area contributed by atoms with Crippen molar-refractivity contribution in [3.05, 3.63) is 53.6 Å². The highest BCUT2D eigenvalue weighted by molar-refractivity contribution is 5.97. The second kappa shape index (κ2) is 8.97. The number of fused-ring (bicyclic) bond motifs is 1. The van der Waals surface area contributed by atoms with E-state index in [1.165, 1.54) is 0 Å². The molecule has 1 unspecified atom stereocenters. The lowest BCUT2D eigenvalue weighted by Gasteiger charge is -2.25. The highest BCUT2D eigenvalue weighted by Gasteiger charge is 2.29. The highest BCUT2D eigenvalue weighted by atomic mass is 16.5. The summed E-state index contributed by atoms with van der Waals surface area (Å²) in [6.45, 7) is 1.88. The lowest BCUT2D eigenvalue weighted by molar-refractivity contribution is 0.0681. The summed E-state index contributed by atoms with van der Waals surface area (Å²) >= 11 is 0. The van der Waals surface area contributed by atoms with Crippen LogP contribution in [0.3, 0.4) is 0 Å². The van der Waals surface area contributed by atoms with Gasteiger partial charge in [-0.3, -0.25) is 4.79 Å². The molecule has 6 heteroatoms. The largest absolute Gasteiger partial charge is 0.497 e. The van der Waals surface area contributed by atoms with Gasteiger partial charge in [0.15, 0.2) is 0 Å². The molecule has 0 aromatic heterocycles. The molecule has 1 atom stereocenters. The molecule has 0 aliphatic carbocycles. The fourth-order valence-electron chi connectivity index (χ4n) is 3.33. The Labute approximate surface area is 166 Å². The van der Waals surface area contributed by atoms with E-state index in [4.69, 9.17) is 14.2 Å². The molecule has 0 saturated carbocycles. The number of carbonyl (C=O) groups excluding carboxylic acids is 1. The maximum atomic E-state index is 13.2. The van der Waals surface area contributed by atoms with Gasteiger partial charge in [0.2, 0.25) is 0 Å². The molecular formula is C22H28N2O4. The Morgan fingerprint density at radius 2 is 1.79 bits per heavy atom. The number of carbonyl (C=O) groups is 1. The van der Waals surface area contributed by atoms with Crippen LogP contribution < -0.4 is 14.2 Å². The number of ether oxygens (including phenoxy) is 3. The van der Waals surface area contributed by atoms with Gasteiger partial charge in [-0.2, -0.15) is 0 Å². The van der Waals surface area contributed by atoms with Gasteiger partial charge in [-0.15, -0.1) is 0 Å². The van der Waals surface area contributed by atoms with E-state index >= 15 is 0 Å². The molecule has 1 amide bonds. The summed E-state index contributed by atoms with van der Waals surface area (Å²) in [5.74, 6) is 2.04. The monoisotopic (exact) mass is 384 g/mol. The first-order valence-corrected chi connectivity index (χ1v) is 9.41. The number of amides is 1. The van der Waals surface area contributed by atoms with Crippen molar-refractivity contribution in [2.75, 3.05) is 41.4 Å². The van der Waals surface area contributed by atoms with Gasteiger partial charge in [-0.25, -0.2) is 0 Å². The third-order valence-corrected chi connectivity index (χ3v) is 4.81. The molecule has 2 aromatic carbocycles. The molecule has 3 rings (SSSR count). The molecule has 0 saturated heterocycles. The third-order valence-electron chi connectivity index (χ3n) is 4.81. The minimum atomic E-state index is -0.0671. The van der Waals surface area contributed by atoms with Gasteiger partial charge in [0.25, 0.3) is 5.91 Å². The van der Waals surface area contributed by atoms with Crippen molar-refractivity contribution < 1.29 is 19.0 Å². The third kappa shape index (κ3) is 4.75. The number of nitrogens with zero attached hydrogens (tertiary/aromatic N) is 2. The van der Waals surface area contributed by atoms with E-state index in [0.717, 1.165) is 18.5 Å². The molecule has 1 aliphatic heterocycles. The SMILES string of the molecule is COc1cc(CN2CC(CCN(C)C)Oc3ccccc3C2=O)cc(OC)c1. The van der Waals surface area contributed by atoms with Crippen LogP contribution in [0.2, 0.25) is 0 Å². The predicted octanol–water partition coefficient (Wildman–Crippen LogP) is 3.06. The van der Waals surface area contributed by atoms with Crippen molar-refractivity contribution in [3.8, 4) is 17.2 Å². The highest BCUT2D eigenvalue weighted by Crippen LogP contribution is 2.28. The number of hydrogen-bond acceptors (Lipinski definition) is 5. The lowest BCUT2D eigenvalue weighted by atomic mass is 10.1. The van der Waals surface area contributed by atoms with E-state index in [-0.39, 0.29) is 12.0 Å². The molecular weight excluding hydrogens is 356 g/mol. The molecule has 0 bridgehead atoms. The van der Waals surface area contributed by atoms with E-state index in [2.05, 4.69) is 4.90 Å². The van der Waals surface area contributed by atoms with Gasteiger partial charge in [-0.1, -0.05) is 12.1 Å². The Morgan fingerprint density at radius 1 is 1.11 bits per heavy atom. The van der Waals surface area contributed by atoms with Gasteiger partial charge < -0.3 is 24.0 Å². The van der Waals surface area contributed by atoms with E-state index in [1.54, 1.807) is 14.2 Å². The molecule has 0 radical (unpaired) electrons. The summed E-state index contributed by atoms with van der Waals surface area (Å²) in [6.07, 6.45) is 0.773. The number of para-hydroxylation sites is 1. The van der Waals surface area contributed by atoms with Crippen molar-refractivity contribution in [2.24, 2.45) is 0 Å². The molecule has 0 fully saturated rings. The summed E-state index contributed by atoms with van der Waals surface area (Å²) in [4.78, 5) is 17.2. The molecule has 150 valence electrons. The first-order chi connectivity index (χ1) is 13.5. The number of methoxy groups -OCH3 is 2. The van der Waals surface area contributed by atoms with Crippen molar-refractivity contribution in [2.45, 2.75) is 19.1 Å². The van der Waals surface area contributed by atoms with Gasteiger partial charge in [0, 0.05) is 19.2 Å². The zero-order valence-electron chi connectivity index (χ0n) is 17.0.